The minimum atomic E-state index is -1.19. The van der Waals surface area contributed by atoms with E-state index >= 15 is 0 Å². The summed E-state index contributed by atoms with van der Waals surface area (Å²) in [5.74, 6) is 5.26. The molecule has 0 aromatic heterocycles. The van der Waals surface area contributed by atoms with Crippen molar-refractivity contribution in [3.05, 3.63) is 11.6 Å². The molecule has 4 nitrogen and oxygen atoms in total. The molecule has 4 rings (SSSR count). The molecule has 0 radical (unpaired) electrons. The number of aliphatic hydroxyl groups is 2. The van der Waals surface area contributed by atoms with E-state index in [0.29, 0.717) is 24.2 Å². The highest BCUT2D eigenvalue weighted by Crippen LogP contribution is 2.67. The summed E-state index contributed by atoms with van der Waals surface area (Å²) in [5.41, 5.74) is 0.109. The van der Waals surface area contributed by atoms with Gasteiger partial charge in [0, 0.05) is 11.3 Å². The molecule has 3 N–H and O–H groups in total. The second-order valence-electron chi connectivity index (χ2n) is 9.57. The Morgan fingerprint density at radius 1 is 1.15 bits per heavy atom. The SMILES string of the molecule is CC12CCC(O)CC1=CCC1C2CCC2(C)C1CC[C@@]2(O)C#CC(=O)O. The Kier molecular flexibility index (Phi) is 4.06. The Labute approximate surface area is 155 Å². The fourth-order valence-corrected chi connectivity index (χ4v) is 7.02. The van der Waals surface area contributed by atoms with E-state index in [0.717, 1.165) is 44.9 Å². The molecule has 4 aliphatic carbocycles. The number of fused-ring (bicyclic) bond motifs is 5. The van der Waals surface area contributed by atoms with Crippen LogP contribution in [0.5, 0.6) is 0 Å². The van der Waals surface area contributed by atoms with Crippen molar-refractivity contribution < 1.29 is 20.1 Å². The zero-order valence-corrected chi connectivity index (χ0v) is 15.8. The van der Waals surface area contributed by atoms with E-state index < -0.39 is 11.6 Å². The number of carbonyl (C=O) groups is 1. The predicted octanol–water partition coefficient (Wildman–Crippen LogP) is 3.13. The molecule has 0 bridgehead atoms. The van der Waals surface area contributed by atoms with E-state index in [1.807, 2.05) is 0 Å². The van der Waals surface area contributed by atoms with Crippen LogP contribution in [-0.4, -0.2) is 33.0 Å². The molecule has 142 valence electrons. The maximum absolute atomic E-state index is 11.2. The molecule has 0 amide bonds. The van der Waals surface area contributed by atoms with Gasteiger partial charge in [-0.05, 0) is 74.5 Å². The second kappa shape index (κ2) is 5.84. The first kappa shape index (κ1) is 18.1. The Bertz CT molecular complexity index is 715. The van der Waals surface area contributed by atoms with Crippen molar-refractivity contribution in [3.63, 3.8) is 0 Å². The lowest BCUT2D eigenvalue weighted by atomic mass is 9.47. The van der Waals surface area contributed by atoms with Gasteiger partial charge in [-0.2, -0.15) is 0 Å². The van der Waals surface area contributed by atoms with E-state index in [-0.39, 0.29) is 16.9 Å². The molecule has 7 atom stereocenters. The van der Waals surface area contributed by atoms with E-state index in [2.05, 4.69) is 31.8 Å². The smallest absolute Gasteiger partial charge is 0.382 e. The standard InChI is InChI=1S/C22H30O4/c1-20-9-5-15(23)13-14(20)3-4-16-17(20)6-10-21(2)18(16)7-11-22(21,26)12-8-19(24)25/h3,15-18,23,26H,4-7,9-11,13H2,1-2H3,(H,24,25)/t15?,16?,17?,18?,20?,21?,22-/m1/s1. The van der Waals surface area contributed by atoms with E-state index in [1.54, 1.807) is 0 Å². The second-order valence-corrected chi connectivity index (χ2v) is 9.57. The lowest BCUT2D eigenvalue weighted by Crippen LogP contribution is -2.54. The van der Waals surface area contributed by atoms with Crippen LogP contribution >= 0.6 is 0 Å². The quantitative estimate of drug-likeness (QED) is 0.459. The number of carboxylic acid groups (broad SMARTS) is 1. The number of carboxylic acids is 1. The molecule has 0 aliphatic heterocycles. The van der Waals surface area contributed by atoms with Crippen molar-refractivity contribution in [2.75, 3.05) is 0 Å². The zero-order valence-electron chi connectivity index (χ0n) is 15.8. The molecule has 0 spiro atoms. The van der Waals surface area contributed by atoms with Gasteiger partial charge in [-0.25, -0.2) is 4.79 Å². The summed E-state index contributed by atoms with van der Waals surface area (Å²) in [6.45, 7) is 4.51. The van der Waals surface area contributed by atoms with Crippen LogP contribution in [0.25, 0.3) is 0 Å². The highest BCUT2D eigenvalue weighted by atomic mass is 16.4. The molecule has 0 saturated heterocycles. The minimum Gasteiger partial charge on any atom is -0.472 e. The molecule has 4 aliphatic rings. The highest BCUT2D eigenvalue weighted by molar-refractivity contribution is 5.86. The first-order valence-electron chi connectivity index (χ1n) is 10.1. The Morgan fingerprint density at radius 3 is 2.62 bits per heavy atom. The largest absolute Gasteiger partial charge is 0.472 e. The Balaban J connectivity index is 1.66. The fourth-order valence-electron chi connectivity index (χ4n) is 7.02. The van der Waals surface area contributed by atoms with Crippen LogP contribution in [0.4, 0.5) is 0 Å². The molecular formula is C22H30O4. The van der Waals surface area contributed by atoms with Gasteiger partial charge in [0.25, 0.3) is 0 Å². The number of rotatable bonds is 0. The van der Waals surface area contributed by atoms with Crippen LogP contribution in [-0.2, 0) is 4.79 Å². The average Bonchev–Trinajstić information content (AvgIpc) is 2.86. The van der Waals surface area contributed by atoms with Crippen molar-refractivity contribution >= 4 is 5.97 Å². The van der Waals surface area contributed by atoms with Crippen molar-refractivity contribution in [1.29, 1.82) is 0 Å². The van der Waals surface area contributed by atoms with Crippen LogP contribution in [0.2, 0.25) is 0 Å². The van der Waals surface area contributed by atoms with Gasteiger partial charge in [0.2, 0.25) is 0 Å². The molecule has 0 heterocycles. The van der Waals surface area contributed by atoms with Crippen molar-refractivity contribution in [1.82, 2.24) is 0 Å². The molecule has 0 aromatic carbocycles. The summed E-state index contributed by atoms with van der Waals surface area (Å²) >= 11 is 0. The fraction of sp³-hybridized carbons (Fsp3) is 0.773. The monoisotopic (exact) mass is 358 g/mol. The number of aliphatic hydroxyl groups excluding tert-OH is 1. The van der Waals surface area contributed by atoms with Gasteiger partial charge in [-0.15, -0.1) is 0 Å². The number of hydrogen-bond acceptors (Lipinski definition) is 3. The summed E-state index contributed by atoms with van der Waals surface area (Å²) < 4.78 is 0. The van der Waals surface area contributed by atoms with Gasteiger partial charge in [0.1, 0.15) is 5.60 Å². The topological polar surface area (TPSA) is 77.8 Å². The molecular weight excluding hydrogens is 328 g/mol. The van der Waals surface area contributed by atoms with Gasteiger partial charge in [0.15, 0.2) is 0 Å². The normalized spacial score (nSPS) is 49.8. The maximum Gasteiger partial charge on any atom is 0.382 e. The van der Waals surface area contributed by atoms with Crippen LogP contribution in [0.1, 0.15) is 65.2 Å². The first-order chi connectivity index (χ1) is 12.2. The maximum atomic E-state index is 11.2. The number of aliphatic carboxylic acids is 1. The summed E-state index contributed by atoms with van der Waals surface area (Å²) in [6.07, 6.45) is 9.39. The molecule has 26 heavy (non-hydrogen) atoms. The summed E-state index contributed by atoms with van der Waals surface area (Å²) in [7, 11) is 0. The minimum absolute atomic E-state index is 0.178. The Hall–Kier alpha value is -1.31. The van der Waals surface area contributed by atoms with Crippen molar-refractivity contribution in [2.24, 2.45) is 28.6 Å². The van der Waals surface area contributed by atoms with E-state index in [4.69, 9.17) is 5.11 Å². The third-order valence-electron chi connectivity index (χ3n) is 8.61. The number of allylic oxidation sites excluding steroid dienone is 1. The first-order valence-corrected chi connectivity index (χ1v) is 10.1. The van der Waals surface area contributed by atoms with Crippen LogP contribution in [0, 0.1) is 40.4 Å². The van der Waals surface area contributed by atoms with E-state index in [1.165, 1.54) is 5.57 Å². The Morgan fingerprint density at radius 2 is 1.88 bits per heavy atom. The molecule has 4 heteroatoms. The van der Waals surface area contributed by atoms with Crippen LogP contribution in [0.3, 0.4) is 0 Å². The number of hydrogen-bond donors (Lipinski definition) is 3. The van der Waals surface area contributed by atoms with Gasteiger partial charge in [0.05, 0.1) is 6.10 Å². The molecule has 3 fully saturated rings. The zero-order chi connectivity index (χ0) is 18.7. The van der Waals surface area contributed by atoms with Gasteiger partial charge < -0.3 is 15.3 Å². The van der Waals surface area contributed by atoms with E-state index in [9.17, 15) is 15.0 Å². The lowest BCUT2D eigenvalue weighted by molar-refractivity contribution is -0.130. The molecule has 6 unspecified atom stereocenters. The van der Waals surface area contributed by atoms with Gasteiger partial charge >= 0.3 is 5.97 Å². The lowest BCUT2D eigenvalue weighted by Gasteiger charge is -2.58. The highest BCUT2D eigenvalue weighted by Gasteiger charge is 2.63. The van der Waals surface area contributed by atoms with Crippen LogP contribution < -0.4 is 0 Å². The average molecular weight is 358 g/mol. The van der Waals surface area contributed by atoms with Crippen molar-refractivity contribution in [3.8, 4) is 11.8 Å². The third kappa shape index (κ3) is 2.40. The molecule has 3 saturated carbocycles. The third-order valence-corrected chi connectivity index (χ3v) is 8.61. The van der Waals surface area contributed by atoms with Gasteiger partial charge in [-0.1, -0.05) is 31.4 Å². The summed E-state index contributed by atoms with van der Waals surface area (Å²) in [6, 6.07) is 0. The summed E-state index contributed by atoms with van der Waals surface area (Å²) in [4.78, 5) is 10.9. The predicted molar refractivity (Wildman–Crippen MR) is 98.1 cm³/mol. The van der Waals surface area contributed by atoms with Crippen LogP contribution in [0.15, 0.2) is 11.6 Å². The molecule has 0 aromatic rings. The van der Waals surface area contributed by atoms with Crippen molar-refractivity contribution in [2.45, 2.75) is 76.9 Å². The van der Waals surface area contributed by atoms with Gasteiger partial charge in [-0.3, -0.25) is 0 Å². The summed E-state index contributed by atoms with van der Waals surface area (Å²) in [5, 5.41) is 30.2.